The fraction of sp³-hybridized carbons (Fsp3) is 0.667. The fourth-order valence-electron chi connectivity index (χ4n) is 2.90. The summed E-state index contributed by atoms with van der Waals surface area (Å²) in [5.41, 5.74) is 4.90. The Kier molecular flexibility index (Phi) is 2.74. The van der Waals surface area contributed by atoms with Gasteiger partial charge in [-0.2, -0.15) is 5.10 Å². The van der Waals surface area contributed by atoms with Crippen LogP contribution in [-0.4, -0.2) is 16.8 Å². The van der Waals surface area contributed by atoms with E-state index in [1.807, 2.05) is 13.8 Å². The van der Waals surface area contributed by atoms with Crippen LogP contribution >= 0.6 is 0 Å². The van der Waals surface area contributed by atoms with Crippen molar-refractivity contribution >= 4 is 11.7 Å². The Morgan fingerprint density at radius 1 is 1.56 bits per heavy atom. The first kappa shape index (κ1) is 11.2. The van der Waals surface area contributed by atoms with Crippen LogP contribution in [0.15, 0.2) is 16.4 Å². The molecule has 0 spiro atoms. The highest BCUT2D eigenvalue weighted by atomic mass is 16.4. The van der Waals surface area contributed by atoms with Crippen molar-refractivity contribution in [1.29, 1.82) is 0 Å². The molecule has 0 saturated heterocycles. The summed E-state index contributed by atoms with van der Waals surface area (Å²) in [5, 5.41) is 13.2. The molecule has 2 aliphatic rings. The monoisotopic (exact) mass is 222 g/mol. The second-order valence-corrected chi connectivity index (χ2v) is 4.79. The molecule has 1 aliphatic carbocycles. The predicted octanol–water partition coefficient (Wildman–Crippen LogP) is 1.99. The lowest BCUT2D eigenvalue weighted by Crippen LogP contribution is -2.21. The number of carboxylic acid groups (broad SMARTS) is 1. The third-order valence-corrected chi connectivity index (χ3v) is 3.81. The molecule has 1 fully saturated rings. The smallest absolute Gasteiger partial charge is 0.353 e. The quantitative estimate of drug-likeness (QED) is 0.751. The normalized spacial score (nSPS) is 40.9. The Morgan fingerprint density at radius 2 is 2.25 bits per heavy atom. The van der Waals surface area contributed by atoms with Crippen LogP contribution in [0, 0.1) is 17.8 Å². The van der Waals surface area contributed by atoms with Gasteiger partial charge in [-0.05, 0) is 37.7 Å². The molecule has 1 heterocycles. The van der Waals surface area contributed by atoms with Gasteiger partial charge in [0, 0.05) is 11.6 Å². The van der Waals surface area contributed by atoms with Crippen molar-refractivity contribution in [2.75, 3.05) is 0 Å². The standard InChI is InChI=1S/C12H18N2O2/c1-4-8-9-5-6(2)11(12(15)16)14-13-7(3)10(8)9/h8-10,14H,4-5H2,1-3H3,(H,15,16)/b11-6+,13-7+/t8-,9?,10?/m0/s1. The van der Waals surface area contributed by atoms with Gasteiger partial charge in [-0.25, -0.2) is 4.79 Å². The van der Waals surface area contributed by atoms with Crippen LogP contribution in [0.2, 0.25) is 0 Å². The van der Waals surface area contributed by atoms with E-state index in [4.69, 9.17) is 5.11 Å². The lowest BCUT2D eigenvalue weighted by atomic mass is 10.1. The molecule has 2 unspecified atom stereocenters. The molecular formula is C12H18N2O2. The zero-order valence-electron chi connectivity index (χ0n) is 9.95. The minimum atomic E-state index is -0.916. The summed E-state index contributed by atoms with van der Waals surface area (Å²) in [5.74, 6) is 0.933. The van der Waals surface area contributed by atoms with Gasteiger partial charge in [0.05, 0.1) is 0 Å². The van der Waals surface area contributed by atoms with Gasteiger partial charge in [0.25, 0.3) is 0 Å². The second-order valence-electron chi connectivity index (χ2n) is 4.79. The van der Waals surface area contributed by atoms with Crippen molar-refractivity contribution in [3.05, 3.63) is 11.3 Å². The minimum Gasteiger partial charge on any atom is -0.477 e. The first-order valence-electron chi connectivity index (χ1n) is 5.79. The van der Waals surface area contributed by atoms with E-state index in [1.54, 1.807) is 0 Å². The Hall–Kier alpha value is -1.32. The summed E-state index contributed by atoms with van der Waals surface area (Å²) < 4.78 is 0. The van der Waals surface area contributed by atoms with Crippen molar-refractivity contribution in [2.45, 2.75) is 33.6 Å². The van der Waals surface area contributed by atoms with Crippen molar-refractivity contribution < 1.29 is 9.90 Å². The van der Waals surface area contributed by atoms with E-state index in [0.29, 0.717) is 17.8 Å². The van der Waals surface area contributed by atoms with Crippen molar-refractivity contribution in [3.8, 4) is 0 Å². The van der Waals surface area contributed by atoms with E-state index in [2.05, 4.69) is 17.5 Å². The van der Waals surface area contributed by atoms with Crippen LogP contribution in [0.3, 0.4) is 0 Å². The number of fused-ring (bicyclic) bond motifs is 1. The molecule has 1 saturated carbocycles. The van der Waals surface area contributed by atoms with Crippen LogP contribution in [0.25, 0.3) is 0 Å². The molecule has 0 radical (unpaired) electrons. The van der Waals surface area contributed by atoms with Gasteiger partial charge in [0.2, 0.25) is 0 Å². The van der Waals surface area contributed by atoms with Gasteiger partial charge in [-0.1, -0.05) is 13.3 Å². The molecule has 88 valence electrons. The van der Waals surface area contributed by atoms with Crippen LogP contribution in [0.4, 0.5) is 0 Å². The minimum absolute atomic E-state index is 0.250. The van der Waals surface area contributed by atoms with Gasteiger partial charge < -0.3 is 5.11 Å². The van der Waals surface area contributed by atoms with Gasteiger partial charge in [0.1, 0.15) is 5.70 Å². The number of nitrogens with one attached hydrogen (secondary N) is 1. The number of rotatable bonds is 2. The number of nitrogens with zero attached hydrogens (tertiary/aromatic N) is 1. The Labute approximate surface area is 95.4 Å². The lowest BCUT2D eigenvalue weighted by molar-refractivity contribution is -0.133. The van der Waals surface area contributed by atoms with Gasteiger partial charge in [-0.3, -0.25) is 5.43 Å². The number of aliphatic carboxylic acids is 1. The van der Waals surface area contributed by atoms with Crippen molar-refractivity contribution in [1.82, 2.24) is 5.43 Å². The van der Waals surface area contributed by atoms with Crippen molar-refractivity contribution in [2.24, 2.45) is 22.9 Å². The molecule has 2 N–H and O–H groups in total. The molecule has 1 aliphatic heterocycles. The van der Waals surface area contributed by atoms with E-state index in [-0.39, 0.29) is 5.70 Å². The highest BCUT2D eigenvalue weighted by Gasteiger charge is 2.50. The molecule has 0 aromatic heterocycles. The molecule has 16 heavy (non-hydrogen) atoms. The molecule has 0 amide bonds. The molecule has 0 aromatic carbocycles. The van der Waals surface area contributed by atoms with Crippen LogP contribution in [0.5, 0.6) is 0 Å². The Morgan fingerprint density at radius 3 is 2.81 bits per heavy atom. The number of hydrazone groups is 1. The molecule has 4 heteroatoms. The summed E-state index contributed by atoms with van der Waals surface area (Å²) in [6.45, 7) is 6.06. The van der Waals surface area contributed by atoms with Crippen molar-refractivity contribution in [3.63, 3.8) is 0 Å². The van der Waals surface area contributed by atoms with Crippen LogP contribution < -0.4 is 5.43 Å². The average Bonchev–Trinajstić information content (AvgIpc) is 2.88. The first-order chi connectivity index (χ1) is 7.56. The van der Waals surface area contributed by atoms with E-state index in [9.17, 15) is 4.79 Å². The number of hydrogen-bond donors (Lipinski definition) is 2. The SMILES string of the molecule is CC[C@H]1C2C/C(C)=C(\C(=O)O)N/N=C(\C)C21. The van der Waals surface area contributed by atoms with Gasteiger partial charge >= 0.3 is 5.97 Å². The van der Waals surface area contributed by atoms with E-state index in [0.717, 1.165) is 24.1 Å². The summed E-state index contributed by atoms with van der Waals surface area (Å²) in [7, 11) is 0. The molecule has 0 bridgehead atoms. The number of allylic oxidation sites excluding steroid dienone is 1. The first-order valence-corrected chi connectivity index (χ1v) is 5.79. The number of hydrogen-bond acceptors (Lipinski definition) is 3. The number of carboxylic acids is 1. The third kappa shape index (κ3) is 1.72. The zero-order valence-corrected chi connectivity index (χ0v) is 9.95. The average molecular weight is 222 g/mol. The van der Waals surface area contributed by atoms with Crippen LogP contribution in [0.1, 0.15) is 33.6 Å². The zero-order chi connectivity index (χ0) is 11.9. The summed E-state index contributed by atoms with van der Waals surface area (Å²) in [4.78, 5) is 11.0. The summed E-state index contributed by atoms with van der Waals surface area (Å²) >= 11 is 0. The Bertz CT molecular complexity index is 384. The molecule has 2 rings (SSSR count). The predicted molar refractivity (Wildman–Crippen MR) is 62.0 cm³/mol. The number of carbonyl (C=O) groups is 1. The molecule has 0 aromatic rings. The maximum Gasteiger partial charge on any atom is 0.353 e. The van der Waals surface area contributed by atoms with E-state index in [1.165, 1.54) is 0 Å². The third-order valence-electron chi connectivity index (χ3n) is 3.81. The largest absolute Gasteiger partial charge is 0.477 e. The fourth-order valence-corrected chi connectivity index (χ4v) is 2.90. The maximum absolute atomic E-state index is 11.0. The van der Waals surface area contributed by atoms with E-state index >= 15 is 0 Å². The summed E-state index contributed by atoms with van der Waals surface area (Å²) in [6.07, 6.45) is 2.03. The molecule has 4 nitrogen and oxygen atoms in total. The Balaban J connectivity index is 2.26. The second kappa shape index (κ2) is 3.92. The maximum atomic E-state index is 11.0. The van der Waals surface area contributed by atoms with Gasteiger partial charge in [-0.15, -0.1) is 0 Å². The lowest BCUT2D eigenvalue weighted by Gasteiger charge is -2.11. The van der Waals surface area contributed by atoms with Gasteiger partial charge in [0.15, 0.2) is 0 Å². The topological polar surface area (TPSA) is 61.7 Å². The highest BCUT2D eigenvalue weighted by Crippen LogP contribution is 2.53. The van der Waals surface area contributed by atoms with Crippen LogP contribution in [-0.2, 0) is 4.79 Å². The highest BCUT2D eigenvalue weighted by molar-refractivity contribution is 5.90. The summed E-state index contributed by atoms with van der Waals surface area (Å²) in [6, 6.07) is 0. The van der Waals surface area contributed by atoms with E-state index < -0.39 is 5.97 Å². The molecular weight excluding hydrogens is 204 g/mol. The molecule has 3 atom stereocenters.